The number of ether oxygens (including phenoxy) is 4. The summed E-state index contributed by atoms with van der Waals surface area (Å²) < 4.78 is 61.5. The third-order valence-corrected chi connectivity index (χ3v) is 30.9. The van der Waals surface area contributed by atoms with Gasteiger partial charge in [-0.05, 0) is 185 Å². The number of halogens is 3. The summed E-state index contributed by atoms with van der Waals surface area (Å²) >= 11 is 1.54. The van der Waals surface area contributed by atoms with Crippen LogP contribution in [-0.4, -0.2) is 411 Å². The molecule has 38 nitrogen and oxygen atoms in total. The Hall–Kier alpha value is -7.86. The van der Waals surface area contributed by atoms with Gasteiger partial charge in [0.15, 0.2) is 12.3 Å². The number of piperidine rings is 4. The maximum absolute atomic E-state index is 13.9. The number of benzene rings is 2. The van der Waals surface area contributed by atoms with Gasteiger partial charge in [-0.15, -0.1) is 11.3 Å². The van der Waals surface area contributed by atoms with E-state index in [9.17, 15) is 107 Å². The van der Waals surface area contributed by atoms with Gasteiger partial charge in [0, 0.05) is 122 Å². The van der Waals surface area contributed by atoms with E-state index < -0.39 is 145 Å². The van der Waals surface area contributed by atoms with E-state index in [1.807, 2.05) is 65.0 Å². The Morgan fingerprint density at radius 3 is 1.16 bits per heavy atom. The molecule has 766 valence electrons. The van der Waals surface area contributed by atoms with Gasteiger partial charge in [-0.3, -0.25) is 58.0 Å². The van der Waals surface area contributed by atoms with Crippen LogP contribution in [-0.2, 0) is 57.3 Å². The lowest BCUT2D eigenvalue weighted by Gasteiger charge is -2.44. The largest absolute Gasteiger partial charge is 0.508 e. The number of phenols is 1. The van der Waals surface area contributed by atoms with Crippen molar-refractivity contribution in [3.8, 4) is 16.3 Å². The second kappa shape index (κ2) is 47.6. The molecule has 9 heterocycles. The Labute approximate surface area is 795 Å². The zero-order valence-corrected chi connectivity index (χ0v) is 81.3. The van der Waals surface area contributed by atoms with Crippen molar-refractivity contribution < 1.29 is 152 Å². The number of aliphatic hydroxyl groups excluding tert-OH is 13. The number of fused-ring (bicyclic) bond motifs is 1. The van der Waals surface area contributed by atoms with Crippen LogP contribution in [0.1, 0.15) is 160 Å². The van der Waals surface area contributed by atoms with Gasteiger partial charge in [0.1, 0.15) is 96.3 Å². The lowest BCUT2D eigenvalue weighted by molar-refractivity contribution is -0.206. The van der Waals surface area contributed by atoms with Gasteiger partial charge in [-0.25, -0.2) is 27.7 Å². The molecule has 10 amide bonds. The van der Waals surface area contributed by atoms with Crippen molar-refractivity contribution in [2.45, 2.75) is 282 Å². The van der Waals surface area contributed by atoms with E-state index in [1.54, 1.807) is 40.2 Å². The maximum Gasteiger partial charge on any atom is 0.410 e. The topological polar surface area (TPSA) is 542 Å². The van der Waals surface area contributed by atoms with Crippen LogP contribution in [0, 0.1) is 57.2 Å². The number of alkyl halides is 3. The van der Waals surface area contributed by atoms with E-state index in [0.29, 0.717) is 83.1 Å². The molecule has 42 heteroatoms. The number of nitrogens with one attached hydrogen (secondary N) is 1. The molecule has 0 radical (unpaired) electrons. The fourth-order valence-corrected chi connectivity index (χ4v) is 21.3. The van der Waals surface area contributed by atoms with Gasteiger partial charge in [0.25, 0.3) is 0 Å². The predicted molar refractivity (Wildman–Crippen MR) is 488 cm³/mol. The number of likely N-dealkylation sites (tertiary alicyclic amines) is 8. The van der Waals surface area contributed by atoms with Crippen molar-refractivity contribution in [3.05, 3.63) is 42.5 Å². The van der Waals surface area contributed by atoms with Crippen molar-refractivity contribution in [1.82, 2.24) is 44.2 Å². The molecular weight excluding hydrogens is 1810 g/mol. The fraction of sp³-hybridized carbons (Fsp3) is 0.755. The average molecular weight is 1950 g/mol. The minimum absolute atomic E-state index is 0.0354. The molecule has 0 bridgehead atoms. The van der Waals surface area contributed by atoms with Crippen molar-refractivity contribution in [2.24, 2.45) is 57.2 Å². The van der Waals surface area contributed by atoms with Gasteiger partial charge >= 0.3 is 12.2 Å². The SMILES string of the molecule is CC(C)CN1C(=O)CC2(CCN(C)CC2)C1=O.CC(F)CNc1ccc(-c2nc3ccc(O)cc3s2)cc1.CCCN1C(=O)CC2(CCN(C)CC2)C1=O.CCN1C(=O)CC2(CCN(C(=O)OC3C(C)C(O)C(O)C(O)C3O)CC2)C1=O.CCN1C(=O)CC2(CCN(C(=O)OC3C(C)C(O)C(O)C(O)C3O)CC2)C1=O.COC1C(C)C(C)C(C)C(OC)C1F.OC1C(O)C(O)C(F)C(O)C1O. The molecule has 21 unspecified atom stereocenters. The molecule has 1 aromatic heterocycles. The highest BCUT2D eigenvalue weighted by molar-refractivity contribution is 7.21. The van der Waals surface area contributed by atoms with E-state index >= 15 is 0 Å². The molecule has 21 atom stereocenters. The van der Waals surface area contributed by atoms with Crippen LogP contribution in [0.15, 0.2) is 42.5 Å². The zero-order chi connectivity index (χ0) is 101. The molecule has 2 aromatic carbocycles. The van der Waals surface area contributed by atoms with Crippen molar-refractivity contribution >= 4 is 86.7 Å². The number of imide groups is 4. The van der Waals surface area contributed by atoms with Crippen molar-refractivity contribution in [2.75, 3.05) is 119 Å². The summed E-state index contributed by atoms with van der Waals surface area (Å²) in [5.74, 6) is -0.545. The number of aromatic hydroxyl groups is 1. The number of nitrogens with zero attached hydrogens (tertiary/aromatic N) is 9. The molecule has 4 spiro atoms. The summed E-state index contributed by atoms with van der Waals surface area (Å²) in [4.78, 5) is 140. The first kappa shape index (κ1) is 112. The number of carbonyl (C=O) groups is 10. The third kappa shape index (κ3) is 24.6. The molecule has 15 N–H and O–H groups in total. The standard InChI is InChI=1S/2C18H28N2O8.C16H15FN2OS.C13H22N2O2.C12H20N2O2.C11H21FO2.C6H11FO5/c2*1-3-20-10(21)8-18(16(20)26)4-6-19(7-5-18)17(27)28-15-9(2)11(22)12(23)13(24)14(15)25;1-10(17)9-18-12-4-2-11(3-5-12)16-19-14-7-6-13(20)8-15(14)21-16;1-10(2)9-15-11(16)8-13(12(15)17)4-6-14(3)7-5-13;1-3-6-14-10(15)9-12(11(14)16)4-7-13(2)8-5-12;1-6-7(2)10(13-4)9(12)11(14-5)8(6)3;7-1-2(8)4(10)6(12)5(11)3(1)9/h2*9,11-15,22-25H,3-8H2,1-2H3;2-8,10,18,20H,9H2,1H3;10H,4-9H2,1-3H3;3-9H2,1-2H3;6-11H,1-5H3;1-6,8-12H. The molecule has 15 rings (SSSR count). The summed E-state index contributed by atoms with van der Waals surface area (Å²) in [7, 11) is 7.28. The van der Waals surface area contributed by atoms with Crippen LogP contribution < -0.4 is 5.32 Å². The molecular formula is C94H145F3N10O28S. The summed E-state index contributed by atoms with van der Waals surface area (Å²) in [6.45, 7) is 27.1. The minimum atomic E-state index is -2.14. The van der Waals surface area contributed by atoms with Crippen molar-refractivity contribution in [3.63, 3.8) is 0 Å². The number of amides is 10. The Balaban J connectivity index is 0.000000181. The van der Waals surface area contributed by atoms with E-state index in [1.165, 1.54) is 61.5 Å². The van der Waals surface area contributed by atoms with Crippen LogP contribution in [0.3, 0.4) is 0 Å². The first-order chi connectivity index (χ1) is 63.9. The van der Waals surface area contributed by atoms with E-state index in [2.05, 4.69) is 41.1 Å². The maximum atomic E-state index is 13.9. The number of hydrogen-bond acceptors (Lipinski definition) is 33. The number of phenolic OH excluding ortho intramolecular Hbond substituents is 1. The molecule has 12 fully saturated rings. The predicted octanol–water partition coefficient (Wildman–Crippen LogP) is 2.73. The molecule has 4 saturated carbocycles. The number of carbonyl (C=O) groups excluding carboxylic acids is 10. The van der Waals surface area contributed by atoms with Crippen LogP contribution in [0.2, 0.25) is 0 Å². The highest BCUT2D eigenvalue weighted by atomic mass is 32.1. The summed E-state index contributed by atoms with van der Waals surface area (Å²) in [6.07, 6.45) is -22.8. The minimum Gasteiger partial charge on any atom is -0.508 e. The van der Waals surface area contributed by atoms with Gasteiger partial charge in [-0.2, -0.15) is 0 Å². The first-order valence-electron chi connectivity index (χ1n) is 47.4. The smallest absolute Gasteiger partial charge is 0.410 e. The second-order valence-corrected chi connectivity index (χ2v) is 40.4. The van der Waals surface area contributed by atoms with Gasteiger partial charge in [0.2, 0.25) is 47.3 Å². The van der Waals surface area contributed by atoms with Gasteiger partial charge in [-0.1, -0.05) is 55.4 Å². The van der Waals surface area contributed by atoms with Crippen LogP contribution >= 0.6 is 11.3 Å². The van der Waals surface area contributed by atoms with Crippen LogP contribution in [0.5, 0.6) is 5.75 Å². The normalized spacial score (nSPS) is 33.8. The number of anilines is 1. The summed E-state index contributed by atoms with van der Waals surface area (Å²) in [5, 5.41) is 137. The van der Waals surface area contributed by atoms with Gasteiger partial charge in [0.05, 0.1) is 56.3 Å². The highest BCUT2D eigenvalue weighted by Gasteiger charge is 2.59. The number of aliphatic hydroxyl groups is 13. The molecule has 136 heavy (non-hydrogen) atoms. The van der Waals surface area contributed by atoms with E-state index in [0.717, 1.165) is 84.8 Å². The number of aromatic nitrogens is 1. The Morgan fingerprint density at radius 1 is 0.456 bits per heavy atom. The lowest BCUT2D eigenvalue weighted by Crippen LogP contribution is -2.62. The number of thiazole rings is 1. The van der Waals surface area contributed by atoms with Gasteiger partial charge < -0.3 is 115 Å². The highest BCUT2D eigenvalue weighted by Crippen LogP contribution is 2.48. The monoisotopic (exact) mass is 1950 g/mol. The summed E-state index contributed by atoms with van der Waals surface area (Å²) in [5.41, 5.74) is 0.533. The molecule has 4 aliphatic carbocycles. The summed E-state index contributed by atoms with van der Waals surface area (Å²) in [6, 6.07) is 12.9. The quantitative estimate of drug-likeness (QED) is 0.103. The Morgan fingerprint density at radius 2 is 0.801 bits per heavy atom. The Kier molecular flexibility index (Phi) is 39.1. The van der Waals surface area contributed by atoms with Crippen molar-refractivity contribution in [1.29, 1.82) is 0 Å². The number of hydrogen-bond donors (Lipinski definition) is 15. The molecule has 3 aromatic rings. The van der Waals surface area contributed by atoms with E-state index in [-0.39, 0.29) is 127 Å². The first-order valence-corrected chi connectivity index (χ1v) is 48.2. The van der Waals surface area contributed by atoms with Crippen LogP contribution in [0.4, 0.5) is 28.4 Å². The molecule has 12 aliphatic rings. The zero-order valence-electron chi connectivity index (χ0n) is 80.5. The van der Waals surface area contributed by atoms with E-state index in [4.69, 9.17) is 44.5 Å². The second-order valence-electron chi connectivity index (χ2n) is 39.4. The Bertz CT molecular complexity index is 4320. The third-order valence-electron chi connectivity index (χ3n) is 29.8. The lowest BCUT2D eigenvalue weighted by atomic mass is 9.70. The average Bonchev–Trinajstić information content (AvgIpc) is 1.61. The fourth-order valence-electron chi connectivity index (χ4n) is 20.3. The number of rotatable bonds is 14. The molecule has 8 aliphatic heterocycles. The number of methoxy groups -OCH3 is 2. The molecule has 8 saturated heterocycles. The van der Waals surface area contributed by atoms with Crippen LogP contribution in [0.25, 0.3) is 20.8 Å².